The first-order chi connectivity index (χ1) is 17.7. The Kier molecular flexibility index (Phi) is 7.15. The summed E-state index contributed by atoms with van der Waals surface area (Å²) in [5.41, 5.74) is 11.4. The van der Waals surface area contributed by atoms with Crippen molar-refractivity contribution in [3.63, 3.8) is 0 Å². The number of nitrogens with one attached hydrogen (secondary N) is 2. The number of nitrogen functional groups attached to an aromatic ring is 1. The van der Waals surface area contributed by atoms with E-state index in [-0.39, 0.29) is 23.6 Å². The minimum absolute atomic E-state index is 0.0878. The first kappa shape index (κ1) is 25.3. The number of hydrogen-bond donors (Lipinski definition) is 3. The van der Waals surface area contributed by atoms with Gasteiger partial charge in [0.1, 0.15) is 18.0 Å². The average Bonchev–Trinajstić information content (AvgIpc) is 2.86. The minimum Gasteiger partial charge on any atom is -0.383 e. The fourth-order valence-corrected chi connectivity index (χ4v) is 4.39. The van der Waals surface area contributed by atoms with Gasteiger partial charge in [-0.05, 0) is 55.0 Å². The van der Waals surface area contributed by atoms with Gasteiger partial charge in [-0.1, -0.05) is 67.3 Å². The van der Waals surface area contributed by atoms with E-state index in [9.17, 15) is 4.79 Å². The SMILES string of the molecule is C=C/C(=C\C(=C)C)C(=N)c1c(N)ncnc1NCc1cc2cccc(C)c2c(=O)n1-c1ccccc1C. The van der Waals surface area contributed by atoms with Gasteiger partial charge in [0.15, 0.2) is 0 Å². The molecular weight excluding hydrogens is 460 g/mol. The molecule has 0 unspecified atom stereocenters. The lowest BCUT2D eigenvalue weighted by Crippen LogP contribution is -2.25. The molecule has 0 fully saturated rings. The van der Waals surface area contributed by atoms with Crippen LogP contribution in [-0.4, -0.2) is 20.2 Å². The number of fused-ring (bicyclic) bond motifs is 1. The van der Waals surface area contributed by atoms with E-state index in [0.29, 0.717) is 22.3 Å². The van der Waals surface area contributed by atoms with Crippen LogP contribution in [0.15, 0.2) is 96.1 Å². The molecule has 7 heteroatoms. The molecule has 4 N–H and O–H groups in total. The lowest BCUT2D eigenvalue weighted by molar-refractivity contribution is 0.883. The van der Waals surface area contributed by atoms with E-state index in [1.807, 2.05) is 69.3 Å². The van der Waals surface area contributed by atoms with Crippen molar-refractivity contribution in [2.45, 2.75) is 27.3 Å². The Balaban J connectivity index is 1.85. The third kappa shape index (κ3) is 4.97. The van der Waals surface area contributed by atoms with Crippen LogP contribution >= 0.6 is 0 Å². The predicted molar refractivity (Wildman–Crippen MR) is 153 cm³/mol. The first-order valence-corrected chi connectivity index (χ1v) is 11.9. The van der Waals surface area contributed by atoms with E-state index in [4.69, 9.17) is 11.1 Å². The summed E-state index contributed by atoms with van der Waals surface area (Å²) in [7, 11) is 0. The molecule has 0 saturated carbocycles. The van der Waals surface area contributed by atoms with Gasteiger partial charge in [0.25, 0.3) is 5.56 Å². The lowest BCUT2D eigenvalue weighted by Gasteiger charge is -2.19. The van der Waals surface area contributed by atoms with Gasteiger partial charge in [0.2, 0.25) is 0 Å². The molecule has 2 aromatic carbocycles. The highest BCUT2D eigenvalue weighted by Crippen LogP contribution is 2.25. The summed E-state index contributed by atoms with van der Waals surface area (Å²) in [4.78, 5) is 22.3. The standard InChI is InChI=1S/C30H30N6O/c1-6-21(14-18(2)3)27(31)26-28(32)34-17-35-29(26)33-16-23-15-22-12-9-11-20(5)25(22)30(37)36(23)24-13-8-7-10-19(24)4/h6-15,17,31H,1-2,16H2,3-5H3,(H3,32,33,34,35)/b21-14+,31-27?. The molecule has 186 valence electrons. The number of allylic oxidation sites excluding steroid dienone is 4. The third-order valence-corrected chi connectivity index (χ3v) is 6.16. The molecule has 2 heterocycles. The maximum absolute atomic E-state index is 13.8. The summed E-state index contributed by atoms with van der Waals surface area (Å²) in [6.45, 7) is 13.7. The van der Waals surface area contributed by atoms with Gasteiger partial charge in [-0.3, -0.25) is 14.8 Å². The molecule has 4 rings (SSSR count). The largest absolute Gasteiger partial charge is 0.383 e. The summed E-state index contributed by atoms with van der Waals surface area (Å²) in [5.74, 6) is 0.558. The maximum Gasteiger partial charge on any atom is 0.263 e. The molecule has 0 bridgehead atoms. The second kappa shape index (κ2) is 10.5. The molecule has 2 aromatic heterocycles. The number of aryl methyl sites for hydroxylation is 2. The fourth-order valence-electron chi connectivity index (χ4n) is 4.39. The Morgan fingerprint density at radius 3 is 2.57 bits per heavy atom. The summed E-state index contributed by atoms with van der Waals surface area (Å²) < 4.78 is 1.74. The molecule has 0 aliphatic heterocycles. The quantitative estimate of drug-likeness (QED) is 0.218. The van der Waals surface area contributed by atoms with Crippen LogP contribution in [0.4, 0.5) is 11.6 Å². The normalized spacial score (nSPS) is 11.4. The highest BCUT2D eigenvalue weighted by atomic mass is 16.1. The summed E-state index contributed by atoms with van der Waals surface area (Å²) in [5, 5.41) is 13.6. The second-order valence-corrected chi connectivity index (χ2v) is 8.96. The lowest BCUT2D eigenvalue weighted by atomic mass is 10.0. The first-order valence-electron chi connectivity index (χ1n) is 11.9. The zero-order valence-corrected chi connectivity index (χ0v) is 21.3. The number of benzene rings is 2. The van der Waals surface area contributed by atoms with Crippen LogP contribution in [0.1, 0.15) is 29.3 Å². The number of nitrogens with zero attached hydrogens (tertiary/aromatic N) is 3. The van der Waals surface area contributed by atoms with Crippen LogP contribution in [-0.2, 0) is 6.54 Å². The molecule has 0 aliphatic carbocycles. The molecule has 7 nitrogen and oxygen atoms in total. The summed E-state index contributed by atoms with van der Waals surface area (Å²) in [6.07, 6.45) is 4.68. The monoisotopic (exact) mass is 490 g/mol. The Labute approximate surface area is 216 Å². The third-order valence-electron chi connectivity index (χ3n) is 6.16. The fraction of sp³-hybridized carbons (Fsp3) is 0.133. The van der Waals surface area contributed by atoms with Crippen molar-refractivity contribution in [2.75, 3.05) is 11.1 Å². The number of aromatic nitrogens is 3. The van der Waals surface area contributed by atoms with Gasteiger partial charge in [-0.2, -0.15) is 0 Å². The van der Waals surface area contributed by atoms with Crippen molar-refractivity contribution in [3.8, 4) is 5.69 Å². The van der Waals surface area contributed by atoms with Crippen LogP contribution < -0.4 is 16.6 Å². The molecular formula is C30H30N6O. The van der Waals surface area contributed by atoms with E-state index in [1.165, 1.54) is 6.33 Å². The van der Waals surface area contributed by atoms with Crippen molar-refractivity contribution in [2.24, 2.45) is 0 Å². The van der Waals surface area contributed by atoms with Crippen LogP contribution in [0.25, 0.3) is 16.5 Å². The number of anilines is 2. The van der Waals surface area contributed by atoms with Crippen molar-refractivity contribution in [3.05, 3.63) is 124 Å². The van der Waals surface area contributed by atoms with Gasteiger partial charge in [-0.25, -0.2) is 9.97 Å². The van der Waals surface area contributed by atoms with E-state index in [2.05, 4.69) is 28.4 Å². The summed E-state index contributed by atoms with van der Waals surface area (Å²) >= 11 is 0. The second-order valence-electron chi connectivity index (χ2n) is 8.96. The highest BCUT2D eigenvalue weighted by molar-refractivity contribution is 6.17. The Hall–Kier alpha value is -4.78. The van der Waals surface area contributed by atoms with Gasteiger partial charge < -0.3 is 11.1 Å². The molecule has 37 heavy (non-hydrogen) atoms. The Morgan fingerprint density at radius 1 is 1.14 bits per heavy atom. The minimum atomic E-state index is -0.0878. The number of para-hydroxylation sites is 1. The topological polar surface area (TPSA) is 110 Å². The van der Waals surface area contributed by atoms with Crippen molar-refractivity contribution in [1.29, 1.82) is 5.41 Å². The molecule has 0 saturated heterocycles. The maximum atomic E-state index is 13.8. The Morgan fingerprint density at radius 2 is 1.86 bits per heavy atom. The molecule has 0 amide bonds. The van der Waals surface area contributed by atoms with E-state index in [0.717, 1.165) is 33.5 Å². The smallest absolute Gasteiger partial charge is 0.263 e. The highest BCUT2D eigenvalue weighted by Gasteiger charge is 2.19. The Bertz CT molecular complexity index is 1640. The van der Waals surface area contributed by atoms with Crippen LogP contribution in [0.2, 0.25) is 0 Å². The molecule has 0 atom stereocenters. The van der Waals surface area contributed by atoms with Crippen LogP contribution in [0.5, 0.6) is 0 Å². The average molecular weight is 491 g/mol. The zero-order valence-electron chi connectivity index (χ0n) is 21.3. The van der Waals surface area contributed by atoms with Crippen molar-refractivity contribution >= 4 is 28.1 Å². The van der Waals surface area contributed by atoms with Gasteiger partial charge >= 0.3 is 0 Å². The van der Waals surface area contributed by atoms with Crippen molar-refractivity contribution < 1.29 is 0 Å². The predicted octanol–water partition coefficient (Wildman–Crippen LogP) is 5.65. The number of rotatable bonds is 8. The zero-order chi connectivity index (χ0) is 26.7. The van der Waals surface area contributed by atoms with Gasteiger partial charge in [-0.15, -0.1) is 0 Å². The number of pyridine rings is 1. The molecule has 0 spiro atoms. The van der Waals surface area contributed by atoms with Gasteiger partial charge in [0.05, 0.1) is 28.9 Å². The van der Waals surface area contributed by atoms with Crippen LogP contribution in [0, 0.1) is 19.3 Å². The van der Waals surface area contributed by atoms with E-state index >= 15 is 0 Å². The van der Waals surface area contributed by atoms with Crippen molar-refractivity contribution in [1.82, 2.24) is 14.5 Å². The number of hydrogen-bond acceptors (Lipinski definition) is 6. The molecule has 0 aliphatic rings. The van der Waals surface area contributed by atoms with Crippen LogP contribution in [0.3, 0.4) is 0 Å². The molecule has 0 radical (unpaired) electrons. The summed E-state index contributed by atoms with van der Waals surface area (Å²) in [6, 6.07) is 15.6. The van der Waals surface area contributed by atoms with E-state index in [1.54, 1.807) is 16.7 Å². The van der Waals surface area contributed by atoms with Gasteiger partial charge in [0, 0.05) is 5.69 Å². The number of nitrogens with two attached hydrogens (primary N) is 1. The molecule has 4 aromatic rings. The van der Waals surface area contributed by atoms with E-state index < -0.39 is 0 Å².